The van der Waals surface area contributed by atoms with E-state index in [2.05, 4.69) is 38.0 Å². The molecule has 0 radical (unpaired) electrons. The second-order valence-corrected chi connectivity index (χ2v) is 7.12. The Balaban J connectivity index is 2.34. The van der Waals surface area contributed by atoms with Crippen molar-refractivity contribution in [3.05, 3.63) is 23.2 Å². The molecule has 4 nitrogen and oxygen atoms in total. The lowest BCUT2D eigenvalue weighted by atomic mass is 9.96. The van der Waals surface area contributed by atoms with Crippen LogP contribution in [-0.4, -0.2) is 30.9 Å². The monoisotopic (exact) mass is 311 g/mol. The van der Waals surface area contributed by atoms with Gasteiger partial charge in [0.25, 0.3) is 0 Å². The van der Waals surface area contributed by atoms with E-state index < -0.39 is 0 Å². The van der Waals surface area contributed by atoms with Crippen LogP contribution < -0.4 is 11.1 Å². The predicted molar refractivity (Wildman–Crippen MR) is 90.7 cm³/mol. The van der Waals surface area contributed by atoms with Gasteiger partial charge in [0.05, 0.1) is 11.4 Å². The molecular formula is C16H26ClN3O. The third kappa shape index (κ3) is 7.34. The number of halogens is 1. The van der Waals surface area contributed by atoms with Crippen LogP contribution in [0.5, 0.6) is 0 Å². The van der Waals surface area contributed by atoms with Gasteiger partial charge in [-0.25, -0.2) is 0 Å². The van der Waals surface area contributed by atoms with Gasteiger partial charge in [-0.2, -0.15) is 0 Å². The molecule has 0 heterocycles. The number of nitrogen functional groups attached to an aromatic ring is 1. The summed E-state index contributed by atoms with van der Waals surface area (Å²) >= 11 is 5.83. The molecule has 0 spiro atoms. The van der Waals surface area contributed by atoms with Crippen LogP contribution in [0.25, 0.3) is 0 Å². The Morgan fingerprint density at radius 1 is 1.38 bits per heavy atom. The molecule has 1 rings (SSSR count). The van der Waals surface area contributed by atoms with Crippen LogP contribution in [0.3, 0.4) is 0 Å². The first-order valence-corrected chi connectivity index (χ1v) is 7.58. The van der Waals surface area contributed by atoms with Gasteiger partial charge in [-0.15, -0.1) is 0 Å². The fourth-order valence-electron chi connectivity index (χ4n) is 2.26. The first-order chi connectivity index (χ1) is 9.67. The summed E-state index contributed by atoms with van der Waals surface area (Å²) in [5, 5.41) is 3.38. The van der Waals surface area contributed by atoms with E-state index in [1.165, 1.54) is 0 Å². The van der Waals surface area contributed by atoms with Crippen LogP contribution in [0.15, 0.2) is 18.2 Å². The topological polar surface area (TPSA) is 58.4 Å². The molecule has 0 fully saturated rings. The summed E-state index contributed by atoms with van der Waals surface area (Å²) in [4.78, 5) is 14.2. The largest absolute Gasteiger partial charge is 0.397 e. The molecule has 5 heteroatoms. The molecule has 0 aliphatic rings. The third-order valence-electron chi connectivity index (χ3n) is 2.98. The van der Waals surface area contributed by atoms with Crippen molar-refractivity contribution in [1.29, 1.82) is 0 Å². The van der Waals surface area contributed by atoms with Crippen LogP contribution >= 0.6 is 11.6 Å². The molecule has 0 atom stereocenters. The summed E-state index contributed by atoms with van der Waals surface area (Å²) < 4.78 is 0. The van der Waals surface area contributed by atoms with E-state index in [-0.39, 0.29) is 11.3 Å². The van der Waals surface area contributed by atoms with Crippen molar-refractivity contribution in [2.75, 3.05) is 31.2 Å². The molecule has 0 bridgehead atoms. The molecule has 0 aliphatic carbocycles. The summed E-state index contributed by atoms with van der Waals surface area (Å²) in [7, 11) is 2.08. The SMILES string of the molecule is CN(CCCC(=O)Nc1ccc(Cl)cc1N)CC(C)(C)C. The molecule has 0 aliphatic heterocycles. The summed E-state index contributed by atoms with van der Waals surface area (Å²) in [5.74, 6) is -0.0202. The molecule has 0 saturated heterocycles. The lowest BCUT2D eigenvalue weighted by Gasteiger charge is -2.26. The molecule has 0 saturated carbocycles. The minimum atomic E-state index is -0.0202. The minimum Gasteiger partial charge on any atom is -0.397 e. The number of anilines is 2. The Kier molecular flexibility index (Phi) is 6.49. The van der Waals surface area contributed by atoms with Crippen LogP contribution in [0.4, 0.5) is 11.4 Å². The quantitative estimate of drug-likeness (QED) is 0.789. The van der Waals surface area contributed by atoms with E-state index in [4.69, 9.17) is 17.3 Å². The Hall–Kier alpha value is -1.26. The molecule has 1 amide bonds. The number of hydrogen-bond acceptors (Lipinski definition) is 3. The van der Waals surface area contributed by atoms with Gasteiger partial charge < -0.3 is 16.0 Å². The number of amides is 1. The molecule has 3 N–H and O–H groups in total. The van der Waals surface area contributed by atoms with E-state index in [0.29, 0.717) is 22.8 Å². The molecule has 21 heavy (non-hydrogen) atoms. The summed E-state index contributed by atoms with van der Waals surface area (Å²) in [5.41, 5.74) is 7.19. The van der Waals surface area contributed by atoms with Gasteiger partial charge in [-0.05, 0) is 43.6 Å². The molecule has 118 valence electrons. The summed E-state index contributed by atoms with van der Waals surface area (Å²) in [6.45, 7) is 8.54. The number of benzene rings is 1. The lowest BCUT2D eigenvalue weighted by Crippen LogP contribution is -2.30. The van der Waals surface area contributed by atoms with Crippen LogP contribution in [0, 0.1) is 5.41 Å². The fraction of sp³-hybridized carbons (Fsp3) is 0.562. The van der Waals surface area contributed by atoms with Crippen molar-refractivity contribution in [2.45, 2.75) is 33.6 Å². The number of nitrogens with one attached hydrogen (secondary N) is 1. The highest BCUT2D eigenvalue weighted by Crippen LogP contribution is 2.22. The maximum atomic E-state index is 11.9. The second-order valence-electron chi connectivity index (χ2n) is 6.68. The number of carbonyl (C=O) groups is 1. The van der Waals surface area contributed by atoms with Gasteiger partial charge in [0, 0.05) is 18.0 Å². The Morgan fingerprint density at radius 3 is 2.62 bits per heavy atom. The minimum absolute atomic E-state index is 0.0202. The van der Waals surface area contributed by atoms with Crippen molar-refractivity contribution in [3.63, 3.8) is 0 Å². The highest BCUT2D eigenvalue weighted by atomic mass is 35.5. The molecule has 0 unspecified atom stereocenters. The fourth-order valence-corrected chi connectivity index (χ4v) is 2.44. The van der Waals surface area contributed by atoms with Gasteiger partial charge in [-0.1, -0.05) is 32.4 Å². The van der Waals surface area contributed by atoms with Gasteiger partial charge in [0.15, 0.2) is 0 Å². The summed E-state index contributed by atoms with van der Waals surface area (Å²) in [6.07, 6.45) is 1.31. The first-order valence-electron chi connectivity index (χ1n) is 7.21. The highest BCUT2D eigenvalue weighted by molar-refractivity contribution is 6.31. The molecule has 1 aromatic rings. The van der Waals surface area contributed by atoms with E-state index >= 15 is 0 Å². The van der Waals surface area contributed by atoms with Crippen LogP contribution in [0.2, 0.25) is 5.02 Å². The van der Waals surface area contributed by atoms with E-state index in [9.17, 15) is 4.79 Å². The number of nitrogens with two attached hydrogens (primary N) is 1. The molecule has 0 aromatic heterocycles. The molecule has 1 aromatic carbocycles. The van der Waals surface area contributed by atoms with E-state index in [1.807, 2.05) is 0 Å². The number of hydrogen-bond donors (Lipinski definition) is 2. The zero-order valence-corrected chi connectivity index (χ0v) is 14.1. The smallest absolute Gasteiger partial charge is 0.224 e. The van der Waals surface area contributed by atoms with Crippen molar-refractivity contribution in [1.82, 2.24) is 4.90 Å². The van der Waals surface area contributed by atoms with Crippen LogP contribution in [-0.2, 0) is 4.79 Å². The van der Waals surface area contributed by atoms with Gasteiger partial charge in [0.1, 0.15) is 0 Å². The van der Waals surface area contributed by atoms with Gasteiger partial charge >= 0.3 is 0 Å². The zero-order chi connectivity index (χ0) is 16.0. The average molecular weight is 312 g/mol. The van der Waals surface area contributed by atoms with Gasteiger partial charge in [-0.3, -0.25) is 4.79 Å². The van der Waals surface area contributed by atoms with Crippen molar-refractivity contribution < 1.29 is 4.79 Å². The zero-order valence-electron chi connectivity index (χ0n) is 13.4. The van der Waals surface area contributed by atoms with E-state index in [0.717, 1.165) is 19.5 Å². The van der Waals surface area contributed by atoms with Gasteiger partial charge in [0.2, 0.25) is 5.91 Å². The maximum absolute atomic E-state index is 11.9. The highest BCUT2D eigenvalue weighted by Gasteiger charge is 2.13. The maximum Gasteiger partial charge on any atom is 0.224 e. The van der Waals surface area contributed by atoms with E-state index in [1.54, 1.807) is 18.2 Å². The normalized spacial score (nSPS) is 11.7. The van der Waals surface area contributed by atoms with Crippen molar-refractivity contribution >= 4 is 28.9 Å². The Morgan fingerprint density at radius 2 is 2.05 bits per heavy atom. The lowest BCUT2D eigenvalue weighted by molar-refractivity contribution is -0.116. The first kappa shape index (κ1) is 17.8. The predicted octanol–water partition coefficient (Wildman–Crippen LogP) is 3.62. The third-order valence-corrected chi connectivity index (χ3v) is 3.21. The molecular weight excluding hydrogens is 286 g/mol. The number of rotatable bonds is 6. The number of nitrogens with zero attached hydrogens (tertiary/aromatic N) is 1. The summed E-state index contributed by atoms with van der Waals surface area (Å²) in [6, 6.07) is 5.07. The van der Waals surface area contributed by atoms with Crippen LogP contribution in [0.1, 0.15) is 33.6 Å². The standard InChI is InChI=1S/C16H26ClN3O/c1-16(2,3)11-20(4)9-5-6-15(21)19-14-8-7-12(17)10-13(14)18/h7-8,10H,5-6,9,11,18H2,1-4H3,(H,19,21). The Bertz CT molecular complexity index is 483. The average Bonchev–Trinajstić information content (AvgIpc) is 2.30. The van der Waals surface area contributed by atoms with Crippen molar-refractivity contribution in [2.24, 2.45) is 5.41 Å². The number of carbonyl (C=O) groups excluding carboxylic acids is 1. The Labute approximate surface area is 132 Å². The second kappa shape index (κ2) is 7.66. The van der Waals surface area contributed by atoms with Crippen molar-refractivity contribution in [3.8, 4) is 0 Å².